The standard InChI is InChI=1S/C28H27N5O4/c1-17-9-10-23(26(34)31-17)33-27(35)21-6-4-7-22(25(21)28(33)36)29-13-18-14-30-32(15-18)16-19-11-12-37-24-8-3-2-5-20(19)24/h2-8,14-15,19,23,29H,1,9-13,16H2,(H,31,34). The van der Waals surface area contributed by atoms with Crippen molar-refractivity contribution in [2.75, 3.05) is 11.9 Å². The first-order valence-corrected chi connectivity index (χ1v) is 12.5. The van der Waals surface area contributed by atoms with Crippen LogP contribution in [0.5, 0.6) is 5.75 Å². The average Bonchev–Trinajstić information content (AvgIpc) is 3.45. The largest absolute Gasteiger partial charge is 0.493 e. The Bertz CT molecular complexity index is 1430. The molecule has 2 atom stereocenters. The van der Waals surface area contributed by atoms with Crippen molar-refractivity contribution in [2.24, 2.45) is 0 Å². The van der Waals surface area contributed by atoms with Crippen molar-refractivity contribution in [3.63, 3.8) is 0 Å². The van der Waals surface area contributed by atoms with Gasteiger partial charge in [0.1, 0.15) is 11.8 Å². The van der Waals surface area contributed by atoms with E-state index in [0.29, 0.717) is 54.4 Å². The first-order valence-electron chi connectivity index (χ1n) is 12.5. The quantitative estimate of drug-likeness (QED) is 0.506. The van der Waals surface area contributed by atoms with Crippen molar-refractivity contribution < 1.29 is 19.1 Å². The second-order valence-corrected chi connectivity index (χ2v) is 9.65. The van der Waals surface area contributed by atoms with Crippen LogP contribution in [0.3, 0.4) is 0 Å². The Balaban J connectivity index is 1.16. The zero-order chi connectivity index (χ0) is 25.5. The second-order valence-electron chi connectivity index (χ2n) is 9.65. The van der Waals surface area contributed by atoms with Crippen LogP contribution in [0.2, 0.25) is 0 Å². The molecule has 6 rings (SSSR count). The summed E-state index contributed by atoms with van der Waals surface area (Å²) in [5.41, 5.74) is 3.92. The van der Waals surface area contributed by atoms with E-state index in [4.69, 9.17) is 4.74 Å². The minimum absolute atomic E-state index is 0.302. The SMILES string of the molecule is C=C1CCC(N2C(=O)c3cccc(NCc4cnn(CC5CCOc6ccccc65)c4)c3C2=O)C(=O)N1. The number of rotatable bonds is 6. The van der Waals surface area contributed by atoms with Crippen molar-refractivity contribution in [3.05, 3.63) is 89.4 Å². The van der Waals surface area contributed by atoms with Gasteiger partial charge in [0, 0.05) is 42.2 Å². The highest BCUT2D eigenvalue weighted by Gasteiger charge is 2.45. The van der Waals surface area contributed by atoms with E-state index < -0.39 is 17.9 Å². The lowest BCUT2D eigenvalue weighted by Gasteiger charge is -2.29. The Hall–Kier alpha value is -4.40. The molecule has 3 aliphatic rings. The van der Waals surface area contributed by atoms with Crippen molar-refractivity contribution in [2.45, 2.75) is 44.3 Å². The third kappa shape index (κ3) is 4.16. The molecule has 1 aromatic heterocycles. The predicted molar refractivity (Wildman–Crippen MR) is 136 cm³/mol. The summed E-state index contributed by atoms with van der Waals surface area (Å²) in [4.78, 5) is 40.0. The molecular weight excluding hydrogens is 470 g/mol. The van der Waals surface area contributed by atoms with Crippen LogP contribution in [0.4, 0.5) is 5.69 Å². The maximum absolute atomic E-state index is 13.3. The first kappa shape index (κ1) is 23.0. The number of amides is 3. The van der Waals surface area contributed by atoms with E-state index in [1.165, 1.54) is 5.56 Å². The van der Waals surface area contributed by atoms with Crippen LogP contribution in [0.15, 0.2) is 67.1 Å². The fourth-order valence-electron chi connectivity index (χ4n) is 5.37. The van der Waals surface area contributed by atoms with Gasteiger partial charge >= 0.3 is 0 Å². The van der Waals surface area contributed by atoms with Gasteiger partial charge in [-0.3, -0.25) is 24.0 Å². The van der Waals surface area contributed by atoms with E-state index in [0.717, 1.165) is 29.2 Å². The van der Waals surface area contributed by atoms with E-state index >= 15 is 0 Å². The summed E-state index contributed by atoms with van der Waals surface area (Å²) in [6.45, 7) is 5.65. The van der Waals surface area contributed by atoms with Gasteiger partial charge in [-0.05, 0) is 43.0 Å². The molecule has 0 radical (unpaired) electrons. The summed E-state index contributed by atoms with van der Waals surface area (Å²) in [6.07, 6.45) is 5.63. The van der Waals surface area contributed by atoms with Gasteiger partial charge in [-0.15, -0.1) is 0 Å². The molecule has 9 heteroatoms. The summed E-state index contributed by atoms with van der Waals surface area (Å²) < 4.78 is 7.71. The molecule has 0 spiro atoms. The summed E-state index contributed by atoms with van der Waals surface area (Å²) in [5.74, 6) is -0.00759. The van der Waals surface area contributed by atoms with Gasteiger partial charge in [0.25, 0.3) is 11.8 Å². The van der Waals surface area contributed by atoms with Gasteiger partial charge in [-0.1, -0.05) is 30.8 Å². The number of hydrogen-bond acceptors (Lipinski definition) is 6. The van der Waals surface area contributed by atoms with Crippen molar-refractivity contribution in [1.29, 1.82) is 0 Å². The van der Waals surface area contributed by atoms with Gasteiger partial charge in [-0.2, -0.15) is 5.10 Å². The molecule has 0 aliphatic carbocycles. The molecule has 0 saturated carbocycles. The molecule has 37 heavy (non-hydrogen) atoms. The number of carbonyl (C=O) groups is 3. The summed E-state index contributed by atoms with van der Waals surface area (Å²) in [6, 6.07) is 12.4. The molecule has 3 aromatic rings. The number of nitrogens with one attached hydrogen (secondary N) is 2. The van der Waals surface area contributed by atoms with Crippen LogP contribution < -0.4 is 15.4 Å². The molecule has 188 valence electrons. The number of anilines is 1. The normalized spacial score (nSPS) is 20.8. The number of imide groups is 1. The summed E-state index contributed by atoms with van der Waals surface area (Å²) >= 11 is 0. The highest BCUT2D eigenvalue weighted by atomic mass is 16.5. The van der Waals surface area contributed by atoms with E-state index in [-0.39, 0.29) is 5.91 Å². The number of allylic oxidation sites excluding steroid dienone is 1. The highest BCUT2D eigenvalue weighted by Crippen LogP contribution is 2.35. The van der Waals surface area contributed by atoms with E-state index in [1.807, 2.05) is 29.1 Å². The topological polar surface area (TPSA) is 106 Å². The zero-order valence-electron chi connectivity index (χ0n) is 20.3. The number of benzene rings is 2. The fourth-order valence-corrected chi connectivity index (χ4v) is 5.37. The molecule has 4 heterocycles. The Morgan fingerprint density at radius 2 is 1.95 bits per heavy atom. The van der Waals surface area contributed by atoms with Crippen molar-refractivity contribution in [1.82, 2.24) is 20.0 Å². The number of aromatic nitrogens is 2. The molecule has 3 aliphatic heterocycles. The Kier molecular flexibility index (Phi) is 5.75. The molecule has 1 fully saturated rings. The maximum atomic E-state index is 13.3. The Morgan fingerprint density at radius 1 is 1.08 bits per heavy atom. The summed E-state index contributed by atoms with van der Waals surface area (Å²) in [7, 11) is 0. The number of piperidine rings is 1. The molecule has 9 nitrogen and oxygen atoms in total. The van der Waals surface area contributed by atoms with Crippen LogP contribution in [-0.4, -0.2) is 45.1 Å². The number of fused-ring (bicyclic) bond motifs is 2. The highest BCUT2D eigenvalue weighted by molar-refractivity contribution is 6.25. The average molecular weight is 498 g/mol. The minimum Gasteiger partial charge on any atom is -0.493 e. The first-order chi connectivity index (χ1) is 18.0. The predicted octanol–water partition coefficient (Wildman–Crippen LogP) is 3.45. The molecular formula is C28H27N5O4. The third-order valence-electron chi connectivity index (χ3n) is 7.24. The van der Waals surface area contributed by atoms with Gasteiger partial charge in [-0.25, -0.2) is 0 Å². The monoisotopic (exact) mass is 497 g/mol. The lowest BCUT2D eigenvalue weighted by Crippen LogP contribution is -2.51. The molecule has 1 saturated heterocycles. The van der Waals surface area contributed by atoms with Crippen molar-refractivity contribution in [3.8, 4) is 5.75 Å². The van der Waals surface area contributed by atoms with E-state index in [1.54, 1.807) is 24.4 Å². The maximum Gasteiger partial charge on any atom is 0.264 e. The molecule has 2 aromatic carbocycles. The third-order valence-corrected chi connectivity index (χ3v) is 7.24. The van der Waals surface area contributed by atoms with Crippen LogP contribution in [-0.2, 0) is 17.9 Å². The van der Waals surface area contributed by atoms with E-state index in [2.05, 4.69) is 28.4 Å². The smallest absolute Gasteiger partial charge is 0.264 e. The zero-order valence-corrected chi connectivity index (χ0v) is 20.3. The van der Waals surface area contributed by atoms with E-state index in [9.17, 15) is 14.4 Å². The number of hydrogen-bond donors (Lipinski definition) is 2. The number of ether oxygens (including phenoxy) is 1. The fraction of sp³-hybridized carbons (Fsp3) is 0.286. The number of nitrogens with zero attached hydrogens (tertiary/aromatic N) is 3. The van der Waals surface area contributed by atoms with Crippen molar-refractivity contribution >= 4 is 23.4 Å². The molecule has 3 amide bonds. The van der Waals surface area contributed by atoms with Gasteiger partial charge in [0.2, 0.25) is 5.91 Å². The molecule has 0 bridgehead atoms. The summed E-state index contributed by atoms with van der Waals surface area (Å²) in [5, 5.41) is 10.5. The van der Waals surface area contributed by atoms with Crippen LogP contribution >= 0.6 is 0 Å². The Labute approximate surface area is 214 Å². The lowest BCUT2D eigenvalue weighted by atomic mass is 9.93. The van der Waals surface area contributed by atoms with Crippen LogP contribution in [0.1, 0.15) is 57.0 Å². The minimum atomic E-state index is -0.834. The molecule has 2 unspecified atom stereocenters. The Morgan fingerprint density at radius 3 is 2.81 bits per heavy atom. The van der Waals surface area contributed by atoms with Gasteiger partial charge < -0.3 is 15.4 Å². The second kappa shape index (κ2) is 9.24. The number of para-hydroxylation sites is 1. The lowest BCUT2D eigenvalue weighted by molar-refractivity contribution is -0.125. The van der Waals surface area contributed by atoms with Crippen LogP contribution in [0, 0.1) is 0 Å². The van der Waals surface area contributed by atoms with Crippen LogP contribution in [0.25, 0.3) is 0 Å². The van der Waals surface area contributed by atoms with Gasteiger partial charge in [0.15, 0.2) is 0 Å². The molecule has 2 N–H and O–H groups in total. The van der Waals surface area contributed by atoms with Gasteiger partial charge in [0.05, 0.1) is 23.9 Å². The number of carbonyl (C=O) groups excluding carboxylic acids is 3.